The maximum absolute atomic E-state index is 12.1. The molecule has 0 aromatic heterocycles. The van der Waals surface area contributed by atoms with Crippen LogP contribution in [0.1, 0.15) is 30.4 Å². The number of hydrogen-bond acceptors (Lipinski definition) is 2. The fourth-order valence-electron chi connectivity index (χ4n) is 2.17. The summed E-state index contributed by atoms with van der Waals surface area (Å²) in [5.41, 5.74) is 2.14. The van der Waals surface area contributed by atoms with Gasteiger partial charge in [0.15, 0.2) is 0 Å². The van der Waals surface area contributed by atoms with Crippen LogP contribution in [-0.2, 0) is 16.8 Å². The second kappa shape index (κ2) is 5.82. The molecule has 0 unspecified atom stereocenters. The lowest BCUT2D eigenvalue weighted by Crippen LogP contribution is -2.43. The van der Waals surface area contributed by atoms with Gasteiger partial charge in [-0.05, 0) is 30.9 Å². The summed E-state index contributed by atoms with van der Waals surface area (Å²) < 4.78 is 28.4. The third-order valence-corrected chi connectivity index (χ3v) is 4.92. The predicted molar refractivity (Wildman–Crippen MR) is 72.4 cm³/mol. The van der Waals surface area contributed by atoms with E-state index in [0.717, 1.165) is 30.4 Å². The molecule has 1 saturated heterocycles. The summed E-state index contributed by atoms with van der Waals surface area (Å²) in [6.45, 7) is 3.64. The minimum Gasteiger partial charge on any atom is -0.198 e. The molecule has 0 bridgehead atoms. The van der Waals surface area contributed by atoms with E-state index < -0.39 is 10.2 Å². The largest absolute Gasteiger partial charge is 0.279 e. The predicted octanol–water partition coefficient (Wildman–Crippen LogP) is 1.82. The summed E-state index contributed by atoms with van der Waals surface area (Å²) >= 11 is 0. The maximum Gasteiger partial charge on any atom is 0.279 e. The van der Waals surface area contributed by atoms with Crippen LogP contribution in [0.5, 0.6) is 0 Å². The smallest absolute Gasteiger partial charge is 0.198 e. The van der Waals surface area contributed by atoms with Gasteiger partial charge in [-0.25, -0.2) is 0 Å². The second-order valence-corrected chi connectivity index (χ2v) is 6.47. The average molecular weight is 268 g/mol. The molecule has 1 aromatic rings. The molecule has 0 amide bonds. The van der Waals surface area contributed by atoms with E-state index in [0.29, 0.717) is 19.6 Å². The van der Waals surface area contributed by atoms with Crippen LogP contribution in [-0.4, -0.2) is 25.8 Å². The lowest BCUT2D eigenvalue weighted by molar-refractivity contribution is 0.341. The van der Waals surface area contributed by atoms with Crippen LogP contribution < -0.4 is 4.72 Å². The molecule has 0 saturated carbocycles. The Kier molecular flexibility index (Phi) is 4.37. The molecule has 0 spiro atoms. The van der Waals surface area contributed by atoms with Gasteiger partial charge in [-0.2, -0.15) is 17.4 Å². The summed E-state index contributed by atoms with van der Waals surface area (Å²) in [5.74, 6) is 0. The monoisotopic (exact) mass is 268 g/mol. The van der Waals surface area contributed by atoms with Gasteiger partial charge in [-0.1, -0.05) is 30.7 Å². The average Bonchev–Trinajstić information content (AvgIpc) is 2.39. The summed E-state index contributed by atoms with van der Waals surface area (Å²) in [5, 5.41) is 0. The van der Waals surface area contributed by atoms with Crippen LogP contribution in [0, 0.1) is 6.92 Å². The Morgan fingerprint density at radius 1 is 1.17 bits per heavy atom. The van der Waals surface area contributed by atoms with Crippen molar-refractivity contribution >= 4 is 10.2 Å². The topological polar surface area (TPSA) is 49.4 Å². The minimum absolute atomic E-state index is 0.367. The number of nitrogens with one attached hydrogen (secondary N) is 1. The van der Waals surface area contributed by atoms with Crippen LogP contribution in [0.25, 0.3) is 0 Å². The highest BCUT2D eigenvalue weighted by molar-refractivity contribution is 7.87. The van der Waals surface area contributed by atoms with E-state index in [1.165, 1.54) is 0 Å². The first-order chi connectivity index (χ1) is 8.59. The molecule has 2 rings (SSSR count). The zero-order chi connectivity index (χ0) is 13.0. The first-order valence-corrected chi connectivity index (χ1v) is 7.83. The molecule has 0 aliphatic carbocycles. The quantitative estimate of drug-likeness (QED) is 0.905. The Morgan fingerprint density at radius 3 is 2.50 bits per heavy atom. The third kappa shape index (κ3) is 3.31. The fourth-order valence-corrected chi connectivity index (χ4v) is 3.43. The van der Waals surface area contributed by atoms with E-state index >= 15 is 0 Å². The van der Waals surface area contributed by atoms with Crippen LogP contribution in [0.15, 0.2) is 24.3 Å². The van der Waals surface area contributed by atoms with Crippen molar-refractivity contribution < 1.29 is 8.42 Å². The number of nitrogens with zero attached hydrogens (tertiary/aromatic N) is 1. The Balaban J connectivity index is 1.98. The molecule has 0 radical (unpaired) electrons. The van der Waals surface area contributed by atoms with Crippen molar-refractivity contribution in [1.82, 2.24) is 9.03 Å². The highest BCUT2D eigenvalue weighted by Gasteiger charge is 2.23. The van der Waals surface area contributed by atoms with Gasteiger partial charge in [0.1, 0.15) is 0 Å². The van der Waals surface area contributed by atoms with Crippen molar-refractivity contribution in [3.8, 4) is 0 Å². The van der Waals surface area contributed by atoms with Crippen molar-refractivity contribution in [3.63, 3.8) is 0 Å². The molecule has 0 atom stereocenters. The SMILES string of the molecule is Cc1ccccc1CNS(=O)(=O)N1CCCCC1. The second-order valence-electron chi connectivity index (χ2n) is 4.71. The van der Waals surface area contributed by atoms with Crippen molar-refractivity contribution in [3.05, 3.63) is 35.4 Å². The number of piperidine rings is 1. The molecule has 1 aliphatic heterocycles. The van der Waals surface area contributed by atoms with Gasteiger partial charge in [0.05, 0.1) is 0 Å². The summed E-state index contributed by atoms with van der Waals surface area (Å²) in [4.78, 5) is 0. The van der Waals surface area contributed by atoms with Crippen LogP contribution in [0.2, 0.25) is 0 Å². The minimum atomic E-state index is -3.31. The number of hydrogen-bond donors (Lipinski definition) is 1. The van der Waals surface area contributed by atoms with Crippen molar-refractivity contribution in [2.45, 2.75) is 32.7 Å². The molecule has 1 aliphatic rings. The molecule has 1 fully saturated rings. The number of rotatable bonds is 4. The maximum atomic E-state index is 12.1. The first kappa shape index (κ1) is 13.5. The zero-order valence-electron chi connectivity index (χ0n) is 10.7. The van der Waals surface area contributed by atoms with E-state index in [9.17, 15) is 8.42 Å². The molecule has 100 valence electrons. The van der Waals surface area contributed by atoms with Crippen molar-refractivity contribution in [2.24, 2.45) is 0 Å². The Hall–Kier alpha value is -0.910. The van der Waals surface area contributed by atoms with Gasteiger partial charge < -0.3 is 0 Å². The molecular weight excluding hydrogens is 248 g/mol. The number of benzene rings is 1. The molecule has 18 heavy (non-hydrogen) atoms. The molecule has 1 heterocycles. The molecular formula is C13H20N2O2S. The Morgan fingerprint density at radius 2 is 1.83 bits per heavy atom. The van der Waals surface area contributed by atoms with E-state index in [2.05, 4.69) is 4.72 Å². The van der Waals surface area contributed by atoms with Gasteiger partial charge >= 0.3 is 0 Å². The summed E-state index contributed by atoms with van der Waals surface area (Å²) in [7, 11) is -3.31. The molecule has 1 N–H and O–H groups in total. The molecule has 1 aromatic carbocycles. The van der Waals surface area contributed by atoms with E-state index in [1.807, 2.05) is 31.2 Å². The van der Waals surface area contributed by atoms with Crippen molar-refractivity contribution in [2.75, 3.05) is 13.1 Å². The zero-order valence-corrected chi connectivity index (χ0v) is 11.5. The van der Waals surface area contributed by atoms with Crippen LogP contribution in [0.3, 0.4) is 0 Å². The normalized spacial score (nSPS) is 17.8. The lowest BCUT2D eigenvalue weighted by atomic mass is 10.1. The van der Waals surface area contributed by atoms with Crippen LogP contribution in [0.4, 0.5) is 0 Å². The highest BCUT2D eigenvalue weighted by Crippen LogP contribution is 2.13. The Labute approximate surface area is 109 Å². The van der Waals surface area contributed by atoms with Gasteiger partial charge in [-0.15, -0.1) is 0 Å². The van der Waals surface area contributed by atoms with Gasteiger partial charge in [0.2, 0.25) is 0 Å². The van der Waals surface area contributed by atoms with Crippen molar-refractivity contribution in [1.29, 1.82) is 0 Å². The van der Waals surface area contributed by atoms with Gasteiger partial charge in [0, 0.05) is 19.6 Å². The number of aryl methyl sites for hydroxylation is 1. The summed E-state index contributed by atoms with van der Waals surface area (Å²) in [6, 6.07) is 7.83. The van der Waals surface area contributed by atoms with E-state index in [1.54, 1.807) is 4.31 Å². The van der Waals surface area contributed by atoms with E-state index in [4.69, 9.17) is 0 Å². The standard InChI is InChI=1S/C13H20N2O2S/c1-12-7-3-4-8-13(12)11-14-18(16,17)15-9-5-2-6-10-15/h3-4,7-8,14H,2,5-6,9-11H2,1H3. The summed E-state index contributed by atoms with van der Waals surface area (Å²) in [6.07, 6.45) is 3.06. The third-order valence-electron chi connectivity index (χ3n) is 3.36. The molecule has 5 heteroatoms. The molecule has 4 nitrogen and oxygen atoms in total. The van der Waals surface area contributed by atoms with E-state index in [-0.39, 0.29) is 0 Å². The fraction of sp³-hybridized carbons (Fsp3) is 0.538. The lowest BCUT2D eigenvalue weighted by Gasteiger charge is -2.26. The van der Waals surface area contributed by atoms with Crippen LogP contribution >= 0.6 is 0 Å². The first-order valence-electron chi connectivity index (χ1n) is 6.39. The van der Waals surface area contributed by atoms with Gasteiger partial charge in [-0.3, -0.25) is 0 Å². The highest BCUT2D eigenvalue weighted by atomic mass is 32.2. The Bertz CT molecular complexity index is 493. The van der Waals surface area contributed by atoms with Gasteiger partial charge in [0.25, 0.3) is 10.2 Å².